The van der Waals surface area contributed by atoms with Crippen molar-refractivity contribution in [3.63, 3.8) is 0 Å². The van der Waals surface area contributed by atoms with Crippen molar-refractivity contribution in [2.45, 2.75) is 32.8 Å². The standard InChI is InChI=1S/C22H27N5O3/c1-16-5-6-18-17(15-16)27(20(29)22(2,3)30-18)10-7-19(28)25-11-13-26(14-12-25)21-23-8-4-9-24-21/h4-6,8-9,15H,7,10-14H2,1-3H3. The molecular formula is C22H27N5O3. The molecule has 0 radical (unpaired) electrons. The third-order valence-corrected chi connectivity index (χ3v) is 5.55. The van der Waals surface area contributed by atoms with E-state index in [4.69, 9.17) is 4.74 Å². The number of benzene rings is 1. The molecule has 2 aliphatic rings. The van der Waals surface area contributed by atoms with Gasteiger partial charge in [-0.25, -0.2) is 9.97 Å². The van der Waals surface area contributed by atoms with Crippen LogP contribution in [0.5, 0.6) is 5.75 Å². The maximum absolute atomic E-state index is 13.0. The first kappa shape index (κ1) is 20.1. The Balaban J connectivity index is 1.39. The molecule has 2 amide bonds. The van der Waals surface area contributed by atoms with Gasteiger partial charge in [0.25, 0.3) is 5.91 Å². The first-order chi connectivity index (χ1) is 14.3. The van der Waals surface area contributed by atoms with E-state index in [0.717, 1.165) is 11.3 Å². The number of ether oxygens (including phenoxy) is 1. The van der Waals surface area contributed by atoms with Crippen LogP contribution < -0.4 is 14.5 Å². The number of amides is 2. The minimum atomic E-state index is -0.952. The molecule has 1 aromatic carbocycles. The van der Waals surface area contributed by atoms with Gasteiger partial charge < -0.3 is 19.4 Å². The van der Waals surface area contributed by atoms with Crippen molar-refractivity contribution >= 4 is 23.5 Å². The van der Waals surface area contributed by atoms with E-state index < -0.39 is 5.60 Å². The fraction of sp³-hybridized carbons (Fsp3) is 0.455. The molecule has 2 aliphatic heterocycles. The Morgan fingerprint density at radius 1 is 1.13 bits per heavy atom. The predicted octanol–water partition coefficient (Wildman–Crippen LogP) is 2.03. The van der Waals surface area contributed by atoms with Gasteiger partial charge in [-0.1, -0.05) is 6.07 Å². The molecule has 4 rings (SSSR count). The summed E-state index contributed by atoms with van der Waals surface area (Å²) < 4.78 is 5.89. The van der Waals surface area contributed by atoms with E-state index in [2.05, 4.69) is 14.9 Å². The van der Waals surface area contributed by atoms with Crippen LogP contribution in [-0.4, -0.2) is 65.0 Å². The van der Waals surface area contributed by atoms with Crippen LogP contribution in [0.1, 0.15) is 25.8 Å². The Morgan fingerprint density at radius 2 is 1.83 bits per heavy atom. The van der Waals surface area contributed by atoms with Gasteiger partial charge in [-0.2, -0.15) is 0 Å². The van der Waals surface area contributed by atoms with Gasteiger partial charge in [-0.3, -0.25) is 9.59 Å². The molecule has 0 saturated carbocycles. The van der Waals surface area contributed by atoms with E-state index in [1.807, 2.05) is 30.0 Å². The highest BCUT2D eigenvalue weighted by molar-refractivity contribution is 6.02. The lowest BCUT2D eigenvalue weighted by Crippen LogP contribution is -2.54. The van der Waals surface area contributed by atoms with E-state index in [1.54, 1.807) is 37.2 Å². The summed E-state index contributed by atoms with van der Waals surface area (Å²) in [6.07, 6.45) is 3.72. The van der Waals surface area contributed by atoms with Gasteiger partial charge in [0, 0.05) is 51.5 Å². The molecule has 0 spiro atoms. The number of carbonyl (C=O) groups is 2. The maximum atomic E-state index is 13.0. The topological polar surface area (TPSA) is 78.9 Å². The number of aryl methyl sites for hydroxylation is 1. The predicted molar refractivity (Wildman–Crippen MR) is 114 cm³/mol. The van der Waals surface area contributed by atoms with Crippen molar-refractivity contribution in [2.24, 2.45) is 0 Å². The van der Waals surface area contributed by atoms with Gasteiger partial charge >= 0.3 is 0 Å². The number of nitrogens with zero attached hydrogens (tertiary/aromatic N) is 5. The van der Waals surface area contributed by atoms with Crippen LogP contribution in [0.3, 0.4) is 0 Å². The zero-order chi connectivity index (χ0) is 21.3. The molecule has 3 heterocycles. The number of anilines is 2. The van der Waals surface area contributed by atoms with Crippen LogP contribution in [0.25, 0.3) is 0 Å². The molecule has 8 heteroatoms. The lowest BCUT2D eigenvalue weighted by atomic mass is 10.0. The van der Waals surface area contributed by atoms with Crippen molar-refractivity contribution in [1.29, 1.82) is 0 Å². The minimum Gasteiger partial charge on any atom is -0.476 e. The molecule has 158 valence electrons. The fourth-order valence-electron chi connectivity index (χ4n) is 3.88. The molecule has 1 aromatic heterocycles. The number of hydrogen-bond acceptors (Lipinski definition) is 6. The summed E-state index contributed by atoms with van der Waals surface area (Å²) in [6.45, 7) is 8.47. The lowest BCUT2D eigenvalue weighted by Gasteiger charge is -2.39. The van der Waals surface area contributed by atoms with Gasteiger partial charge in [0.1, 0.15) is 5.75 Å². The smallest absolute Gasteiger partial charge is 0.270 e. The normalized spacial score (nSPS) is 18.1. The van der Waals surface area contributed by atoms with E-state index in [0.29, 0.717) is 44.4 Å². The quantitative estimate of drug-likeness (QED) is 0.769. The number of aromatic nitrogens is 2. The largest absolute Gasteiger partial charge is 0.476 e. The Labute approximate surface area is 176 Å². The van der Waals surface area contributed by atoms with Gasteiger partial charge in [0.15, 0.2) is 5.60 Å². The third kappa shape index (κ3) is 3.94. The van der Waals surface area contributed by atoms with Gasteiger partial charge in [0.05, 0.1) is 5.69 Å². The van der Waals surface area contributed by atoms with Gasteiger partial charge in [-0.05, 0) is 44.5 Å². The van der Waals surface area contributed by atoms with Crippen LogP contribution in [0.15, 0.2) is 36.7 Å². The number of rotatable bonds is 4. The van der Waals surface area contributed by atoms with E-state index in [1.165, 1.54) is 0 Å². The van der Waals surface area contributed by atoms with Crippen LogP contribution in [0, 0.1) is 6.92 Å². The average Bonchev–Trinajstić information content (AvgIpc) is 2.75. The van der Waals surface area contributed by atoms with Crippen molar-refractivity contribution in [1.82, 2.24) is 14.9 Å². The molecule has 0 aliphatic carbocycles. The zero-order valence-electron chi connectivity index (χ0n) is 17.7. The van der Waals surface area contributed by atoms with Crippen LogP contribution in [0.2, 0.25) is 0 Å². The Kier molecular flexibility index (Phi) is 5.32. The Hall–Kier alpha value is -3.16. The Bertz CT molecular complexity index is 939. The van der Waals surface area contributed by atoms with Crippen molar-refractivity contribution < 1.29 is 14.3 Å². The summed E-state index contributed by atoms with van der Waals surface area (Å²) in [4.78, 5) is 40.0. The van der Waals surface area contributed by atoms with Gasteiger partial charge in [-0.15, -0.1) is 0 Å². The summed E-state index contributed by atoms with van der Waals surface area (Å²) in [5.74, 6) is 1.29. The molecule has 1 saturated heterocycles. The summed E-state index contributed by atoms with van der Waals surface area (Å²) in [6, 6.07) is 7.57. The number of carbonyl (C=O) groups excluding carboxylic acids is 2. The molecule has 0 N–H and O–H groups in total. The van der Waals surface area contributed by atoms with E-state index in [9.17, 15) is 9.59 Å². The molecule has 0 unspecified atom stereocenters. The summed E-state index contributed by atoms with van der Waals surface area (Å²) >= 11 is 0. The summed E-state index contributed by atoms with van der Waals surface area (Å²) in [7, 11) is 0. The lowest BCUT2D eigenvalue weighted by molar-refractivity contribution is -0.133. The molecule has 0 atom stereocenters. The number of fused-ring (bicyclic) bond motifs is 1. The molecule has 1 fully saturated rings. The third-order valence-electron chi connectivity index (χ3n) is 5.55. The highest BCUT2D eigenvalue weighted by Gasteiger charge is 2.41. The summed E-state index contributed by atoms with van der Waals surface area (Å²) in [5, 5.41) is 0. The molecule has 8 nitrogen and oxygen atoms in total. The summed E-state index contributed by atoms with van der Waals surface area (Å²) in [5.41, 5.74) is 0.825. The zero-order valence-corrected chi connectivity index (χ0v) is 17.7. The monoisotopic (exact) mass is 409 g/mol. The maximum Gasteiger partial charge on any atom is 0.270 e. The van der Waals surface area contributed by atoms with E-state index in [-0.39, 0.29) is 18.2 Å². The SMILES string of the molecule is Cc1ccc2c(c1)N(CCC(=O)N1CCN(c3ncccn3)CC1)C(=O)C(C)(C)O2. The minimum absolute atomic E-state index is 0.0509. The van der Waals surface area contributed by atoms with Crippen LogP contribution in [0.4, 0.5) is 11.6 Å². The molecule has 2 aromatic rings. The molecular weight excluding hydrogens is 382 g/mol. The first-order valence-electron chi connectivity index (χ1n) is 10.3. The van der Waals surface area contributed by atoms with Crippen molar-refractivity contribution in [3.05, 3.63) is 42.2 Å². The molecule has 0 bridgehead atoms. The first-order valence-corrected chi connectivity index (χ1v) is 10.3. The number of piperazine rings is 1. The van der Waals surface area contributed by atoms with Crippen molar-refractivity contribution in [3.8, 4) is 5.75 Å². The van der Waals surface area contributed by atoms with E-state index >= 15 is 0 Å². The highest BCUT2D eigenvalue weighted by atomic mass is 16.5. The van der Waals surface area contributed by atoms with Crippen molar-refractivity contribution in [2.75, 3.05) is 42.5 Å². The van der Waals surface area contributed by atoms with Crippen LogP contribution >= 0.6 is 0 Å². The Morgan fingerprint density at radius 3 is 2.53 bits per heavy atom. The fourth-order valence-corrected chi connectivity index (χ4v) is 3.88. The average molecular weight is 409 g/mol. The molecule has 30 heavy (non-hydrogen) atoms. The second kappa shape index (κ2) is 7.93. The van der Waals surface area contributed by atoms with Gasteiger partial charge in [0.2, 0.25) is 11.9 Å². The second-order valence-electron chi connectivity index (χ2n) is 8.21. The highest BCUT2D eigenvalue weighted by Crippen LogP contribution is 2.38. The van der Waals surface area contributed by atoms with Crippen LogP contribution in [-0.2, 0) is 9.59 Å². The second-order valence-corrected chi connectivity index (χ2v) is 8.21. The number of hydrogen-bond donors (Lipinski definition) is 0.